The Morgan fingerprint density at radius 3 is 2.56 bits per heavy atom. The fourth-order valence-electron chi connectivity index (χ4n) is 1.78. The third-order valence-corrected chi connectivity index (χ3v) is 2.77. The number of hydrogen-bond donors (Lipinski definition) is 2. The lowest BCUT2D eigenvalue weighted by atomic mass is 10.1. The molecule has 0 aliphatic carbocycles. The molecular weight excluding hydrogens is 210 g/mol. The fourth-order valence-corrected chi connectivity index (χ4v) is 1.78. The van der Waals surface area contributed by atoms with E-state index in [1.165, 1.54) is 4.90 Å². The van der Waals surface area contributed by atoms with Crippen LogP contribution in [0.1, 0.15) is 33.1 Å². The lowest BCUT2D eigenvalue weighted by molar-refractivity contribution is -0.148. The molecule has 1 amide bonds. The maximum absolute atomic E-state index is 11.6. The molecule has 1 rings (SSSR count). The second-order valence-electron chi connectivity index (χ2n) is 4.06. The SMILES string of the molecule is CCCCC(C(=O)O)N1CC(C)=C(O)C1=O. The van der Waals surface area contributed by atoms with Crippen LogP contribution in [0, 0.1) is 0 Å². The summed E-state index contributed by atoms with van der Waals surface area (Å²) in [7, 11) is 0. The number of amides is 1. The van der Waals surface area contributed by atoms with E-state index in [2.05, 4.69) is 0 Å². The highest BCUT2D eigenvalue weighted by atomic mass is 16.4. The van der Waals surface area contributed by atoms with Crippen LogP contribution in [0.2, 0.25) is 0 Å². The van der Waals surface area contributed by atoms with Crippen molar-refractivity contribution in [1.29, 1.82) is 0 Å². The molecule has 0 spiro atoms. The van der Waals surface area contributed by atoms with Gasteiger partial charge in [0.2, 0.25) is 0 Å². The highest BCUT2D eigenvalue weighted by molar-refractivity contribution is 5.97. The number of aliphatic hydroxyl groups is 1. The van der Waals surface area contributed by atoms with E-state index in [0.717, 1.165) is 12.8 Å². The van der Waals surface area contributed by atoms with E-state index in [0.29, 0.717) is 12.0 Å². The van der Waals surface area contributed by atoms with Crippen LogP contribution in [0.3, 0.4) is 0 Å². The first-order chi connectivity index (χ1) is 7.49. The summed E-state index contributed by atoms with van der Waals surface area (Å²) < 4.78 is 0. The minimum absolute atomic E-state index is 0.214. The molecule has 0 fully saturated rings. The number of carboxylic acids is 1. The average Bonchev–Trinajstić information content (AvgIpc) is 2.47. The number of aliphatic hydroxyl groups excluding tert-OH is 1. The number of aliphatic carboxylic acids is 1. The Bertz CT molecular complexity index is 335. The van der Waals surface area contributed by atoms with Gasteiger partial charge in [0.25, 0.3) is 5.91 Å². The molecule has 0 aromatic carbocycles. The van der Waals surface area contributed by atoms with Gasteiger partial charge in [0, 0.05) is 6.54 Å². The number of carbonyl (C=O) groups excluding carboxylic acids is 1. The largest absolute Gasteiger partial charge is 0.503 e. The normalized spacial score (nSPS) is 18.1. The maximum Gasteiger partial charge on any atom is 0.326 e. The summed E-state index contributed by atoms with van der Waals surface area (Å²) in [5, 5.41) is 18.4. The molecule has 0 radical (unpaired) electrons. The van der Waals surface area contributed by atoms with E-state index in [9.17, 15) is 14.7 Å². The van der Waals surface area contributed by atoms with Crippen molar-refractivity contribution >= 4 is 11.9 Å². The predicted octanol–water partition coefficient (Wildman–Crippen LogP) is 1.30. The highest BCUT2D eigenvalue weighted by Gasteiger charge is 2.36. The summed E-state index contributed by atoms with van der Waals surface area (Å²) >= 11 is 0. The molecule has 90 valence electrons. The molecule has 0 aromatic heterocycles. The summed E-state index contributed by atoms with van der Waals surface area (Å²) in [5.74, 6) is -1.88. The van der Waals surface area contributed by atoms with Crippen molar-refractivity contribution in [2.45, 2.75) is 39.2 Å². The summed E-state index contributed by atoms with van der Waals surface area (Å²) in [6.07, 6.45) is 2.06. The van der Waals surface area contributed by atoms with E-state index in [1.54, 1.807) is 6.92 Å². The topological polar surface area (TPSA) is 77.8 Å². The van der Waals surface area contributed by atoms with Crippen molar-refractivity contribution in [1.82, 2.24) is 4.90 Å². The summed E-state index contributed by atoms with van der Waals surface area (Å²) in [4.78, 5) is 23.9. The number of carboxylic acid groups (broad SMARTS) is 1. The van der Waals surface area contributed by atoms with Crippen molar-refractivity contribution in [2.75, 3.05) is 6.54 Å². The highest BCUT2D eigenvalue weighted by Crippen LogP contribution is 2.21. The van der Waals surface area contributed by atoms with Crippen LogP contribution in [-0.2, 0) is 9.59 Å². The molecule has 1 aliphatic rings. The Labute approximate surface area is 94.4 Å². The number of hydrogen-bond acceptors (Lipinski definition) is 3. The van der Waals surface area contributed by atoms with Gasteiger partial charge in [-0.2, -0.15) is 0 Å². The van der Waals surface area contributed by atoms with Crippen LogP contribution in [0.4, 0.5) is 0 Å². The zero-order valence-corrected chi connectivity index (χ0v) is 9.56. The van der Waals surface area contributed by atoms with E-state index in [4.69, 9.17) is 5.11 Å². The van der Waals surface area contributed by atoms with Gasteiger partial charge in [-0.05, 0) is 18.9 Å². The smallest absolute Gasteiger partial charge is 0.326 e. The molecule has 0 bridgehead atoms. The molecular formula is C11H17NO4. The molecule has 0 aromatic rings. The zero-order valence-electron chi connectivity index (χ0n) is 9.56. The van der Waals surface area contributed by atoms with Gasteiger partial charge in [0.05, 0.1) is 0 Å². The van der Waals surface area contributed by atoms with Gasteiger partial charge in [-0.1, -0.05) is 19.8 Å². The first-order valence-corrected chi connectivity index (χ1v) is 5.41. The minimum Gasteiger partial charge on any atom is -0.503 e. The van der Waals surface area contributed by atoms with Crippen molar-refractivity contribution in [3.05, 3.63) is 11.3 Å². The Hall–Kier alpha value is -1.52. The standard InChI is InChI=1S/C11H17NO4/c1-3-4-5-8(11(15)16)12-6-7(2)9(13)10(12)14/h8,13H,3-6H2,1-2H3,(H,15,16). The summed E-state index contributed by atoms with van der Waals surface area (Å²) in [5.41, 5.74) is 0.535. The Kier molecular flexibility index (Phi) is 3.93. The molecule has 5 nitrogen and oxygen atoms in total. The molecule has 1 unspecified atom stereocenters. The second-order valence-corrected chi connectivity index (χ2v) is 4.06. The maximum atomic E-state index is 11.6. The van der Waals surface area contributed by atoms with Crippen molar-refractivity contribution in [3.63, 3.8) is 0 Å². The number of carbonyl (C=O) groups is 2. The van der Waals surface area contributed by atoms with Crippen LogP contribution < -0.4 is 0 Å². The van der Waals surface area contributed by atoms with E-state index in [-0.39, 0.29) is 12.3 Å². The van der Waals surface area contributed by atoms with Gasteiger partial charge in [0.15, 0.2) is 5.76 Å². The molecule has 1 heterocycles. The van der Waals surface area contributed by atoms with Crippen LogP contribution in [0.15, 0.2) is 11.3 Å². The Balaban J connectivity index is 2.75. The fraction of sp³-hybridized carbons (Fsp3) is 0.636. The number of unbranched alkanes of at least 4 members (excludes halogenated alkanes) is 1. The molecule has 16 heavy (non-hydrogen) atoms. The third-order valence-electron chi connectivity index (χ3n) is 2.77. The second kappa shape index (κ2) is 5.01. The van der Waals surface area contributed by atoms with Crippen LogP contribution >= 0.6 is 0 Å². The summed E-state index contributed by atoms with van der Waals surface area (Å²) in [6, 6.07) is -0.827. The predicted molar refractivity (Wildman–Crippen MR) is 58.0 cm³/mol. The first-order valence-electron chi connectivity index (χ1n) is 5.41. The van der Waals surface area contributed by atoms with Gasteiger partial charge in [0.1, 0.15) is 6.04 Å². The van der Waals surface area contributed by atoms with Crippen molar-refractivity contribution in [2.24, 2.45) is 0 Å². The van der Waals surface area contributed by atoms with E-state index >= 15 is 0 Å². The van der Waals surface area contributed by atoms with Crippen molar-refractivity contribution in [3.8, 4) is 0 Å². The third kappa shape index (κ3) is 2.35. The van der Waals surface area contributed by atoms with Gasteiger partial charge >= 0.3 is 5.97 Å². The molecule has 5 heteroatoms. The minimum atomic E-state index is -1.01. The number of nitrogens with zero attached hydrogens (tertiary/aromatic N) is 1. The van der Waals surface area contributed by atoms with E-state index in [1.807, 2.05) is 6.92 Å². The van der Waals surface area contributed by atoms with Gasteiger partial charge in [-0.15, -0.1) is 0 Å². The quantitative estimate of drug-likeness (QED) is 0.742. The molecule has 1 aliphatic heterocycles. The summed E-state index contributed by atoms with van der Waals surface area (Å²) in [6.45, 7) is 3.81. The average molecular weight is 227 g/mol. The van der Waals surface area contributed by atoms with Crippen molar-refractivity contribution < 1.29 is 19.8 Å². The molecule has 1 atom stereocenters. The number of rotatable bonds is 5. The molecule has 2 N–H and O–H groups in total. The van der Waals surface area contributed by atoms with E-state index < -0.39 is 17.9 Å². The van der Waals surface area contributed by atoms with Gasteiger partial charge in [-0.25, -0.2) is 4.79 Å². The monoisotopic (exact) mass is 227 g/mol. The Morgan fingerprint density at radius 1 is 1.56 bits per heavy atom. The Morgan fingerprint density at radius 2 is 2.19 bits per heavy atom. The van der Waals surface area contributed by atoms with Gasteiger partial charge in [-0.3, -0.25) is 4.79 Å². The first kappa shape index (κ1) is 12.5. The molecule has 0 saturated heterocycles. The molecule has 0 saturated carbocycles. The van der Waals surface area contributed by atoms with Gasteiger partial charge < -0.3 is 15.1 Å². The van der Waals surface area contributed by atoms with Crippen LogP contribution in [0.5, 0.6) is 0 Å². The zero-order chi connectivity index (χ0) is 12.3. The van der Waals surface area contributed by atoms with Crippen LogP contribution in [-0.4, -0.2) is 39.6 Å². The van der Waals surface area contributed by atoms with Crippen LogP contribution in [0.25, 0.3) is 0 Å². The lowest BCUT2D eigenvalue weighted by Crippen LogP contribution is -2.43. The lowest BCUT2D eigenvalue weighted by Gasteiger charge is -2.24.